The van der Waals surface area contributed by atoms with Crippen molar-refractivity contribution in [1.29, 1.82) is 0 Å². The molecule has 0 aliphatic carbocycles. The molecule has 2 aromatic carbocycles. The molecule has 0 unspecified atom stereocenters. The lowest BCUT2D eigenvalue weighted by atomic mass is 10.1. The van der Waals surface area contributed by atoms with E-state index >= 15 is 0 Å². The summed E-state index contributed by atoms with van der Waals surface area (Å²) in [5.41, 5.74) is 3.18. The first-order valence-electron chi connectivity index (χ1n) is 7.36. The normalized spacial score (nSPS) is 10.0. The molecule has 0 aliphatic heterocycles. The van der Waals surface area contributed by atoms with Gasteiger partial charge in [-0.2, -0.15) is 0 Å². The maximum Gasteiger partial charge on any atom is 0.264 e. The molecule has 0 atom stereocenters. The maximum atomic E-state index is 11.9. The van der Waals surface area contributed by atoms with E-state index in [-0.39, 0.29) is 12.5 Å². The minimum atomic E-state index is -0.281. The SMILES string of the molecule is Cc1ccc(C)c(OCC(=O)NC(=S)NCc2ccccc2)c1. The van der Waals surface area contributed by atoms with E-state index < -0.39 is 0 Å². The number of carbonyl (C=O) groups excluding carboxylic acids is 1. The predicted octanol–water partition coefficient (Wildman–Crippen LogP) is 2.87. The van der Waals surface area contributed by atoms with Crippen LogP contribution in [-0.2, 0) is 11.3 Å². The average Bonchev–Trinajstić information content (AvgIpc) is 2.55. The second-order valence-corrected chi connectivity index (χ2v) is 5.68. The van der Waals surface area contributed by atoms with Crippen molar-refractivity contribution in [3.8, 4) is 5.75 Å². The third kappa shape index (κ3) is 5.71. The Morgan fingerprint density at radius 1 is 1.13 bits per heavy atom. The average molecular weight is 328 g/mol. The first-order chi connectivity index (χ1) is 11.0. The molecule has 2 N–H and O–H groups in total. The van der Waals surface area contributed by atoms with Crippen LogP contribution in [0.3, 0.4) is 0 Å². The lowest BCUT2D eigenvalue weighted by molar-refractivity contribution is -0.121. The van der Waals surface area contributed by atoms with E-state index in [0.29, 0.717) is 17.4 Å². The largest absolute Gasteiger partial charge is 0.483 e. The van der Waals surface area contributed by atoms with E-state index in [9.17, 15) is 4.79 Å². The highest BCUT2D eigenvalue weighted by Crippen LogP contribution is 2.18. The standard InChI is InChI=1S/C18H20N2O2S/c1-13-8-9-14(2)16(10-13)22-12-17(21)20-18(23)19-11-15-6-4-3-5-7-15/h3-10H,11-12H2,1-2H3,(H2,19,20,21,23). The Labute approximate surface area is 141 Å². The fourth-order valence-electron chi connectivity index (χ4n) is 1.99. The van der Waals surface area contributed by atoms with Crippen molar-refractivity contribution in [1.82, 2.24) is 10.6 Å². The molecule has 0 bridgehead atoms. The number of hydrogen-bond acceptors (Lipinski definition) is 3. The Bertz CT molecular complexity index is 687. The van der Waals surface area contributed by atoms with Crippen molar-refractivity contribution in [3.63, 3.8) is 0 Å². The summed E-state index contributed by atoms with van der Waals surface area (Å²) in [7, 11) is 0. The molecule has 0 radical (unpaired) electrons. The molecule has 0 saturated carbocycles. The first-order valence-corrected chi connectivity index (χ1v) is 7.77. The van der Waals surface area contributed by atoms with Gasteiger partial charge in [-0.1, -0.05) is 42.5 Å². The van der Waals surface area contributed by atoms with E-state index in [0.717, 1.165) is 16.7 Å². The van der Waals surface area contributed by atoms with Gasteiger partial charge in [0.1, 0.15) is 5.75 Å². The van der Waals surface area contributed by atoms with Crippen molar-refractivity contribution in [2.24, 2.45) is 0 Å². The van der Waals surface area contributed by atoms with Crippen LogP contribution in [0.25, 0.3) is 0 Å². The van der Waals surface area contributed by atoms with Crippen molar-refractivity contribution >= 4 is 23.2 Å². The quantitative estimate of drug-likeness (QED) is 0.829. The van der Waals surface area contributed by atoms with Gasteiger partial charge in [0.15, 0.2) is 11.7 Å². The van der Waals surface area contributed by atoms with Crippen LogP contribution in [0.2, 0.25) is 0 Å². The first kappa shape index (κ1) is 17.0. The summed E-state index contributed by atoms with van der Waals surface area (Å²) in [4.78, 5) is 11.9. The number of aryl methyl sites for hydroxylation is 2. The van der Waals surface area contributed by atoms with Crippen molar-refractivity contribution in [3.05, 3.63) is 65.2 Å². The Balaban J connectivity index is 1.76. The van der Waals surface area contributed by atoms with Gasteiger partial charge in [-0.05, 0) is 48.8 Å². The predicted molar refractivity (Wildman–Crippen MR) is 95.4 cm³/mol. The molecule has 0 heterocycles. The van der Waals surface area contributed by atoms with Gasteiger partial charge in [0.2, 0.25) is 0 Å². The number of rotatable bonds is 5. The molecular formula is C18H20N2O2S. The number of hydrogen-bond donors (Lipinski definition) is 2. The maximum absolute atomic E-state index is 11.9. The van der Waals surface area contributed by atoms with Crippen LogP contribution in [0.5, 0.6) is 5.75 Å². The van der Waals surface area contributed by atoms with E-state index in [1.165, 1.54) is 0 Å². The Hall–Kier alpha value is -2.40. The molecule has 0 aliphatic rings. The molecule has 4 nitrogen and oxygen atoms in total. The molecule has 0 aromatic heterocycles. The molecule has 0 spiro atoms. The van der Waals surface area contributed by atoms with Gasteiger partial charge in [0.25, 0.3) is 5.91 Å². The van der Waals surface area contributed by atoms with Crippen molar-refractivity contribution in [2.75, 3.05) is 6.61 Å². The zero-order valence-corrected chi connectivity index (χ0v) is 14.1. The van der Waals surface area contributed by atoms with E-state index in [1.807, 2.05) is 62.4 Å². The summed E-state index contributed by atoms with van der Waals surface area (Å²) < 4.78 is 5.54. The molecule has 23 heavy (non-hydrogen) atoms. The number of amides is 1. The van der Waals surface area contributed by atoms with Crippen LogP contribution in [0.15, 0.2) is 48.5 Å². The lowest BCUT2D eigenvalue weighted by Gasteiger charge is -2.12. The number of thiocarbonyl (C=S) groups is 1. The highest BCUT2D eigenvalue weighted by Gasteiger charge is 2.07. The van der Waals surface area contributed by atoms with Gasteiger partial charge in [-0.15, -0.1) is 0 Å². The molecule has 5 heteroatoms. The summed E-state index contributed by atoms with van der Waals surface area (Å²) in [6, 6.07) is 15.7. The Morgan fingerprint density at radius 3 is 2.61 bits per heavy atom. The summed E-state index contributed by atoms with van der Waals surface area (Å²) in [5, 5.41) is 5.90. The molecular weight excluding hydrogens is 308 g/mol. The lowest BCUT2D eigenvalue weighted by Crippen LogP contribution is -2.41. The zero-order chi connectivity index (χ0) is 16.7. The topological polar surface area (TPSA) is 50.4 Å². The van der Waals surface area contributed by atoms with Crippen LogP contribution in [0.4, 0.5) is 0 Å². The van der Waals surface area contributed by atoms with Gasteiger partial charge >= 0.3 is 0 Å². The fraction of sp³-hybridized carbons (Fsp3) is 0.222. The second-order valence-electron chi connectivity index (χ2n) is 5.27. The van der Waals surface area contributed by atoms with Crippen molar-refractivity contribution in [2.45, 2.75) is 20.4 Å². The molecule has 0 saturated heterocycles. The van der Waals surface area contributed by atoms with E-state index in [4.69, 9.17) is 17.0 Å². The van der Waals surface area contributed by atoms with Gasteiger partial charge in [-0.3, -0.25) is 4.79 Å². The number of nitrogens with one attached hydrogen (secondary N) is 2. The fourth-order valence-corrected chi connectivity index (χ4v) is 2.18. The molecule has 1 amide bonds. The third-order valence-electron chi connectivity index (χ3n) is 3.25. The smallest absolute Gasteiger partial charge is 0.264 e. The van der Waals surface area contributed by atoms with Crippen molar-refractivity contribution < 1.29 is 9.53 Å². The molecule has 2 aromatic rings. The minimum Gasteiger partial charge on any atom is -0.483 e. The van der Waals surface area contributed by atoms with Crippen LogP contribution in [0, 0.1) is 13.8 Å². The summed E-state index contributed by atoms with van der Waals surface area (Å²) in [5.74, 6) is 0.430. The van der Waals surface area contributed by atoms with Crippen LogP contribution < -0.4 is 15.4 Å². The van der Waals surface area contributed by atoms with Crippen LogP contribution in [0.1, 0.15) is 16.7 Å². The Morgan fingerprint density at radius 2 is 1.87 bits per heavy atom. The van der Waals surface area contributed by atoms with Crippen LogP contribution >= 0.6 is 12.2 Å². The summed E-state index contributed by atoms with van der Waals surface area (Å²) in [6.45, 7) is 4.42. The number of carbonyl (C=O) groups is 1. The minimum absolute atomic E-state index is 0.0720. The summed E-state index contributed by atoms with van der Waals surface area (Å²) >= 11 is 5.11. The molecule has 0 fully saturated rings. The summed E-state index contributed by atoms with van der Waals surface area (Å²) in [6.07, 6.45) is 0. The molecule has 2 rings (SSSR count). The molecule has 120 valence electrons. The zero-order valence-electron chi connectivity index (χ0n) is 13.3. The van der Waals surface area contributed by atoms with Gasteiger partial charge in [-0.25, -0.2) is 0 Å². The third-order valence-corrected chi connectivity index (χ3v) is 3.50. The van der Waals surface area contributed by atoms with E-state index in [1.54, 1.807) is 0 Å². The monoisotopic (exact) mass is 328 g/mol. The number of ether oxygens (including phenoxy) is 1. The van der Waals surface area contributed by atoms with Gasteiger partial charge in [0, 0.05) is 6.54 Å². The highest BCUT2D eigenvalue weighted by molar-refractivity contribution is 7.80. The van der Waals surface area contributed by atoms with Crippen LogP contribution in [-0.4, -0.2) is 17.6 Å². The number of benzene rings is 2. The van der Waals surface area contributed by atoms with Gasteiger partial charge in [0.05, 0.1) is 0 Å². The second kappa shape index (κ2) is 8.29. The highest BCUT2D eigenvalue weighted by atomic mass is 32.1. The van der Waals surface area contributed by atoms with Gasteiger partial charge < -0.3 is 15.4 Å². The van der Waals surface area contributed by atoms with E-state index in [2.05, 4.69) is 10.6 Å². The Kier molecular flexibility index (Phi) is 6.11.